The van der Waals surface area contributed by atoms with E-state index in [1.165, 1.54) is 25.7 Å². The Bertz CT molecular complexity index is 310. The third-order valence-electron chi connectivity index (χ3n) is 5.17. The number of carbonyl (C=O) groups excluding carboxylic acids is 1. The zero-order valence-corrected chi connectivity index (χ0v) is 16.9. The third kappa shape index (κ3) is 13.8. The van der Waals surface area contributed by atoms with Crippen LogP contribution in [0.3, 0.4) is 0 Å². The molecule has 1 unspecified atom stereocenters. The summed E-state index contributed by atoms with van der Waals surface area (Å²) in [4.78, 5) is 10.2. The van der Waals surface area contributed by atoms with Crippen LogP contribution in [0.25, 0.3) is 0 Å². The highest BCUT2D eigenvalue weighted by Crippen LogP contribution is 2.30. The lowest BCUT2D eigenvalue weighted by molar-refractivity contribution is -0.129. The monoisotopic (exact) mass is 342 g/mol. The van der Waals surface area contributed by atoms with Crippen molar-refractivity contribution in [3.63, 3.8) is 0 Å². The van der Waals surface area contributed by atoms with Gasteiger partial charge in [0.1, 0.15) is 0 Å². The molecule has 3 heteroatoms. The SMILES string of the molecule is CCCC(C)(C)CCCCC(O)CCCCC(C)(C)CCOC=O. The Morgan fingerprint density at radius 3 is 1.83 bits per heavy atom. The molecule has 0 amide bonds. The second kappa shape index (κ2) is 12.7. The summed E-state index contributed by atoms with van der Waals surface area (Å²) >= 11 is 0. The summed E-state index contributed by atoms with van der Waals surface area (Å²) < 4.78 is 4.79. The molecule has 0 bridgehead atoms. The van der Waals surface area contributed by atoms with Gasteiger partial charge < -0.3 is 9.84 Å². The number of unbranched alkanes of at least 4 members (excludes halogenated alkanes) is 2. The summed E-state index contributed by atoms with van der Waals surface area (Å²) in [6.07, 6.45) is 12.2. The van der Waals surface area contributed by atoms with Gasteiger partial charge in [-0.1, -0.05) is 66.7 Å². The first-order valence-corrected chi connectivity index (χ1v) is 9.96. The Kier molecular flexibility index (Phi) is 12.4. The van der Waals surface area contributed by atoms with E-state index in [4.69, 9.17) is 4.74 Å². The van der Waals surface area contributed by atoms with Crippen molar-refractivity contribution in [3.8, 4) is 0 Å². The summed E-state index contributed by atoms with van der Waals surface area (Å²) in [5, 5.41) is 10.1. The van der Waals surface area contributed by atoms with Crippen molar-refractivity contribution in [2.75, 3.05) is 6.61 Å². The molecule has 24 heavy (non-hydrogen) atoms. The molecule has 0 aliphatic rings. The maximum atomic E-state index is 10.2. The Morgan fingerprint density at radius 2 is 1.38 bits per heavy atom. The maximum Gasteiger partial charge on any atom is 0.293 e. The molecule has 0 spiro atoms. The Balaban J connectivity index is 3.65. The molecule has 144 valence electrons. The molecule has 0 saturated heterocycles. The fourth-order valence-corrected chi connectivity index (χ4v) is 3.42. The Morgan fingerprint density at radius 1 is 0.875 bits per heavy atom. The molecule has 0 saturated carbocycles. The van der Waals surface area contributed by atoms with Crippen LogP contribution in [0.1, 0.15) is 105 Å². The van der Waals surface area contributed by atoms with Gasteiger partial charge in [-0.2, -0.15) is 0 Å². The summed E-state index contributed by atoms with van der Waals surface area (Å²) in [7, 11) is 0. The van der Waals surface area contributed by atoms with Crippen LogP contribution in [-0.2, 0) is 9.53 Å². The van der Waals surface area contributed by atoms with E-state index in [0.29, 0.717) is 18.5 Å². The summed E-state index contributed by atoms with van der Waals surface area (Å²) in [5.41, 5.74) is 0.664. The number of aliphatic hydroxyl groups is 1. The van der Waals surface area contributed by atoms with Crippen molar-refractivity contribution >= 4 is 6.47 Å². The van der Waals surface area contributed by atoms with Crippen LogP contribution in [0.5, 0.6) is 0 Å². The van der Waals surface area contributed by atoms with Gasteiger partial charge in [0, 0.05) is 0 Å². The number of carbonyl (C=O) groups is 1. The summed E-state index contributed by atoms with van der Waals surface area (Å²) in [5.74, 6) is 0. The van der Waals surface area contributed by atoms with Crippen LogP contribution >= 0.6 is 0 Å². The van der Waals surface area contributed by atoms with E-state index in [1.807, 2.05) is 0 Å². The van der Waals surface area contributed by atoms with Gasteiger partial charge in [-0.25, -0.2) is 0 Å². The van der Waals surface area contributed by atoms with Gasteiger partial charge in [-0.05, 0) is 49.4 Å². The molecular weight excluding hydrogens is 300 g/mol. The molecule has 0 aliphatic carbocycles. The standard InChI is InChI=1S/C21H42O3/c1-6-13-20(2,3)14-9-7-11-19(23)12-8-10-15-21(4,5)16-17-24-18-22/h18-19,23H,6-17H2,1-5H3. The third-order valence-corrected chi connectivity index (χ3v) is 5.17. The van der Waals surface area contributed by atoms with E-state index in [2.05, 4.69) is 34.6 Å². The Labute approximate surface area is 150 Å². The quantitative estimate of drug-likeness (QED) is 0.281. The topological polar surface area (TPSA) is 46.5 Å². The Hall–Kier alpha value is -0.570. The zero-order chi connectivity index (χ0) is 18.5. The fourth-order valence-electron chi connectivity index (χ4n) is 3.42. The van der Waals surface area contributed by atoms with Gasteiger partial charge in [0.15, 0.2) is 0 Å². The van der Waals surface area contributed by atoms with Crippen molar-refractivity contribution in [2.24, 2.45) is 10.8 Å². The smallest absolute Gasteiger partial charge is 0.293 e. The molecule has 0 aromatic heterocycles. The lowest BCUT2D eigenvalue weighted by Crippen LogP contribution is -2.15. The molecule has 0 fully saturated rings. The van der Waals surface area contributed by atoms with Crippen LogP contribution in [0.4, 0.5) is 0 Å². The van der Waals surface area contributed by atoms with Crippen LogP contribution in [0, 0.1) is 10.8 Å². The van der Waals surface area contributed by atoms with Gasteiger partial charge in [0.2, 0.25) is 0 Å². The molecule has 0 aliphatic heterocycles. The highest BCUT2D eigenvalue weighted by Gasteiger charge is 2.18. The van der Waals surface area contributed by atoms with E-state index < -0.39 is 0 Å². The molecular formula is C21H42O3. The van der Waals surface area contributed by atoms with Crippen LogP contribution < -0.4 is 0 Å². The average molecular weight is 343 g/mol. The predicted octanol–water partition coefficient (Wildman–Crippen LogP) is 5.88. The van der Waals surface area contributed by atoms with Gasteiger partial charge in [0.05, 0.1) is 12.7 Å². The van der Waals surface area contributed by atoms with Crippen molar-refractivity contribution in [1.29, 1.82) is 0 Å². The minimum absolute atomic E-state index is 0.138. The molecule has 0 aromatic rings. The minimum atomic E-state index is -0.138. The molecule has 0 radical (unpaired) electrons. The zero-order valence-electron chi connectivity index (χ0n) is 16.9. The highest BCUT2D eigenvalue weighted by molar-refractivity contribution is 5.36. The van der Waals surface area contributed by atoms with Gasteiger partial charge >= 0.3 is 0 Å². The number of aliphatic hydroxyl groups excluding tert-OH is 1. The van der Waals surface area contributed by atoms with Crippen LogP contribution in [0.15, 0.2) is 0 Å². The number of hydrogen-bond acceptors (Lipinski definition) is 3. The van der Waals surface area contributed by atoms with E-state index in [1.54, 1.807) is 0 Å². The second-order valence-corrected chi connectivity index (χ2v) is 8.94. The summed E-state index contributed by atoms with van der Waals surface area (Å²) in [6, 6.07) is 0. The van der Waals surface area contributed by atoms with Crippen LogP contribution in [0.2, 0.25) is 0 Å². The van der Waals surface area contributed by atoms with Gasteiger partial charge in [-0.3, -0.25) is 4.79 Å². The first kappa shape index (κ1) is 23.4. The molecule has 1 atom stereocenters. The fraction of sp³-hybridized carbons (Fsp3) is 0.952. The average Bonchev–Trinajstić information content (AvgIpc) is 2.48. The largest absolute Gasteiger partial charge is 0.468 e. The first-order valence-electron chi connectivity index (χ1n) is 9.96. The lowest BCUT2D eigenvalue weighted by atomic mass is 9.82. The maximum absolute atomic E-state index is 10.2. The van der Waals surface area contributed by atoms with Gasteiger partial charge in [-0.15, -0.1) is 0 Å². The van der Waals surface area contributed by atoms with Crippen molar-refractivity contribution in [2.45, 2.75) is 111 Å². The lowest BCUT2D eigenvalue weighted by Gasteiger charge is -2.24. The molecule has 0 rings (SSSR count). The number of hydrogen-bond donors (Lipinski definition) is 1. The van der Waals surface area contributed by atoms with E-state index in [0.717, 1.165) is 44.9 Å². The second-order valence-electron chi connectivity index (χ2n) is 8.94. The van der Waals surface area contributed by atoms with E-state index in [9.17, 15) is 9.90 Å². The molecule has 0 heterocycles. The van der Waals surface area contributed by atoms with Gasteiger partial charge in [0.25, 0.3) is 6.47 Å². The molecule has 3 nitrogen and oxygen atoms in total. The van der Waals surface area contributed by atoms with Crippen LogP contribution in [-0.4, -0.2) is 24.3 Å². The van der Waals surface area contributed by atoms with E-state index >= 15 is 0 Å². The van der Waals surface area contributed by atoms with Crippen molar-refractivity contribution < 1.29 is 14.6 Å². The molecule has 1 N–H and O–H groups in total. The van der Waals surface area contributed by atoms with Crippen molar-refractivity contribution in [1.82, 2.24) is 0 Å². The molecule has 0 aromatic carbocycles. The minimum Gasteiger partial charge on any atom is -0.468 e. The predicted molar refractivity (Wildman–Crippen MR) is 102 cm³/mol. The normalized spacial score (nSPS) is 13.8. The highest BCUT2D eigenvalue weighted by atomic mass is 16.5. The number of rotatable bonds is 16. The van der Waals surface area contributed by atoms with E-state index in [-0.39, 0.29) is 11.5 Å². The summed E-state index contributed by atoms with van der Waals surface area (Å²) in [6.45, 7) is 12.4. The first-order chi connectivity index (χ1) is 11.2. The number of ether oxygens (including phenoxy) is 1. The van der Waals surface area contributed by atoms with Crippen molar-refractivity contribution in [3.05, 3.63) is 0 Å².